The molecule has 0 aliphatic carbocycles. The van der Waals surface area contributed by atoms with Gasteiger partial charge in [-0.25, -0.2) is 14.2 Å². The first kappa shape index (κ1) is 20.1. The Morgan fingerprint density at radius 2 is 1.93 bits per heavy atom. The predicted molar refractivity (Wildman–Crippen MR) is 105 cm³/mol. The number of halogens is 4. The summed E-state index contributed by atoms with van der Waals surface area (Å²) in [5.41, 5.74) is -0.0885. The van der Waals surface area contributed by atoms with Crippen molar-refractivity contribution in [1.82, 2.24) is 9.55 Å². The fourth-order valence-electron chi connectivity index (χ4n) is 3.52. The van der Waals surface area contributed by atoms with E-state index in [0.29, 0.717) is 15.8 Å². The zero-order valence-electron chi connectivity index (χ0n) is 15.5. The molecule has 2 heterocycles. The van der Waals surface area contributed by atoms with Gasteiger partial charge in [-0.05, 0) is 42.1 Å². The third kappa shape index (κ3) is 3.45. The number of aromatic carboxylic acids is 1. The van der Waals surface area contributed by atoms with Crippen molar-refractivity contribution in [2.45, 2.75) is 19.6 Å². The summed E-state index contributed by atoms with van der Waals surface area (Å²) in [5, 5.41) is 11.3. The van der Waals surface area contributed by atoms with Crippen LogP contribution in [0.4, 0.5) is 17.6 Å². The van der Waals surface area contributed by atoms with Crippen LogP contribution in [0, 0.1) is 12.7 Å². The van der Waals surface area contributed by atoms with E-state index in [-0.39, 0.29) is 29.1 Å². The SMILES string of the molecule is Cc1nc(-c2cccc(F)c2)n(Cc2csc3cccc(C(F)(F)F)c23)c1C(=O)O. The van der Waals surface area contributed by atoms with Crippen molar-refractivity contribution >= 4 is 27.4 Å². The summed E-state index contributed by atoms with van der Waals surface area (Å²) in [4.78, 5) is 16.1. The van der Waals surface area contributed by atoms with Crippen molar-refractivity contribution in [3.8, 4) is 11.4 Å². The molecule has 0 unspecified atom stereocenters. The van der Waals surface area contributed by atoms with E-state index < -0.39 is 23.5 Å². The molecule has 2 aromatic heterocycles. The molecular formula is C21H14F4N2O2S. The molecule has 0 amide bonds. The molecule has 4 aromatic rings. The molecule has 30 heavy (non-hydrogen) atoms. The average molecular weight is 434 g/mol. The van der Waals surface area contributed by atoms with Crippen molar-refractivity contribution in [3.05, 3.63) is 76.2 Å². The van der Waals surface area contributed by atoms with Gasteiger partial charge in [-0.3, -0.25) is 0 Å². The van der Waals surface area contributed by atoms with Crippen LogP contribution in [0.15, 0.2) is 47.8 Å². The molecule has 154 valence electrons. The Morgan fingerprint density at radius 1 is 1.20 bits per heavy atom. The molecule has 0 bridgehead atoms. The number of benzene rings is 2. The number of fused-ring (bicyclic) bond motifs is 1. The standard InChI is InChI=1S/C21H14F4N2O2S/c1-11-18(20(28)29)27(19(26-11)12-4-2-5-14(22)8-12)9-13-10-30-16-7-3-6-15(17(13)16)21(23,24)25/h2-8,10H,9H2,1H3,(H,28,29). The van der Waals surface area contributed by atoms with E-state index in [0.717, 1.165) is 17.4 Å². The summed E-state index contributed by atoms with van der Waals surface area (Å²) < 4.78 is 56.2. The number of nitrogens with zero attached hydrogens (tertiary/aromatic N) is 2. The largest absolute Gasteiger partial charge is 0.477 e. The minimum absolute atomic E-state index is 0.0304. The second-order valence-corrected chi connectivity index (χ2v) is 7.62. The number of aryl methyl sites for hydroxylation is 1. The molecule has 0 radical (unpaired) electrons. The second-order valence-electron chi connectivity index (χ2n) is 6.71. The third-order valence-corrected chi connectivity index (χ3v) is 5.73. The molecule has 0 saturated heterocycles. The molecular weight excluding hydrogens is 420 g/mol. The monoisotopic (exact) mass is 434 g/mol. The molecule has 2 aromatic carbocycles. The van der Waals surface area contributed by atoms with Crippen LogP contribution in [0.3, 0.4) is 0 Å². The van der Waals surface area contributed by atoms with Gasteiger partial charge in [0.1, 0.15) is 11.6 Å². The smallest absolute Gasteiger partial charge is 0.417 e. The van der Waals surface area contributed by atoms with Crippen LogP contribution < -0.4 is 0 Å². The van der Waals surface area contributed by atoms with E-state index in [2.05, 4.69) is 4.98 Å². The van der Waals surface area contributed by atoms with E-state index in [1.54, 1.807) is 17.5 Å². The van der Waals surface area contributed by atoms with Crippen molar-refractivity contribution < 1.29 is 27.5 Å². The maximum Gasteiger partial charge on any atom is 0.417 e. The van der Waals surface area contributed by atoms with Crippen LogP contribution in [0.1, 0.15) is 27.3 Å². The zero-order chi connectivity index (χ0) is 21.6. The van der Waals surface area contributed by atoms with Gasteiger partial charge in [0.15, 0.2) is 5.69 Å². The van der Waals surface area contributed by atoms with Gasteiger partial charge in [0, 0.05) is 15.6 Å². The summed E-state index contributed by atoms with van der Waals surface area (Å²) in [5.74, 6) is -1.62. The third-order valence-electron chi connectivity index (χ3n) is 4.74. The fourth-order valence-corrected chi connectivity index (χ4v) is 4.50. The van der Waals surface area contributed by atoms with Gasteiger partial charge < -0.3 is 9.67 Å². The summed E-state index contributed by atoms with van der Waals surface area (Å²) in [6, 6.07) is 9.40. The highest BCUT2D eigenvalue weighted by molar-refractivity contribution is 7.17. The van der Waals surface area contributed by atoms with Crippen molar-refractivity contribution in [2.75, 3.05) is 0 Å². The number of imidazole rings is 1. The highest BCUT2D eigenvalue weighted by Gasteiger charge is 2.34. The van der Waals surface area contributed by atoms with E-state index in [9.17, 15) is 27.5 Å². The second kappa shape index (κ2) is 7.24. The summed E-state index contributed by atoms with van der Waals surface area (Å²) in [7, 11) is 0. The topological polar surface area (TPSA) is 55.1 Å². The predicted octanol–water partition coefficient (Wildman–Crippen LogP) is 5.98. The summed E-state index contributed by atoms with van der Waals surface area (Å²) in [6.45, 7) is 1.34. The first-order chi connectivity index (χ1) is 14.2. The molecule has 0 aliphatic rings. The Labute approximate surface area is 172 Å². The molecule has 4 nitrogen and oxygen atoms in total. The molecule has 0 spiro atoms. The number of hydrogen-bond acceptors (Lipinski definition) is 3. The average Bonchev–Trinajstić information content (AvgIpc) is 3.22. The highest BCUT2D eigenvalue weighted by Crippen LogP contribution is 2.39. The highest BCUT2D eigenvalue weighted by atomic mass is 32.1. The number of hydrogen-bond donors (Lipinski definition) is 1. The van der Waals surface area contributed by atoms with E-state index in [1.165, 1.54) is 35.8 Å². The number of carboxylic acids is 1. The molecule has 9 heteroatoms. The number of rotatable bonds is 4. The van der Waals surface area contributed by atoms with Gasteiger partial charge in [0.2, 0.25) is 0 Å². The quantitative estimate of drug-likeness (QED) is 0.402. The lowest BCUT2D eigenvalue weighted by atomic mass is 10.1. The molecule has 0 fully saturated rings. The number of thiophene rings is 1. The van der Waals surface area contributed by atoms with Crippen molar-refractivity contribution in [3.63, 3.8) is 0 Å². The van der Waals surface area contributed by atoms with Gasteiger partial charge in [-0.2, -0.15) is 13.2 Å². The Bertz CT molecular complexity index is 1270. The van der Waals surface area contributed by atoms with Gasteiger partial charge in [-0.15, -0.1) is 11.3 Å². The minimum atomic E-state index is -4.55. The maximum atomic E-state index is 13.7. The molecule has 1 N–H and O–H groups in total. The first-order valence-corrected chi connectivity index (χ1v) is 9.67. The van der Waals surface area contributed by atoms with Gasteiger partial charge >= 0.3 is 12.1 Å². The number of carboxylic acid groups (broad SMARTS) is 1. The minimum Gasteiger partial charge on any atom is -0.477 e. The van der Waals surface area contributed by atoms with Crippen LogP contribution in [-0.4, -0.2) is 20.6 Å². The van der Waals surface area contributed by atoms with Crippen molar-refractivity contribution in [1.29, 1.82) is 0 Å². The lowest BCUT2D eigenvalue weighted by Gasteiger charge is -2.13. The van der Waals surface area contributed by atoms with E-state index in [4.69, 9.17) is 0 Å². The molecule has 4 rings (SSSR count). The van der Waals surface area contributed by atoms with Crippen LogP contribution in [0.25, 0.3) is 21.5 Å². The molecule has 0 atom stereocenters. The van der Waals surface area contributed by atoms with Crippen LogP contribution >= 0.6 is 11.3 Å². The number of alkyl halides is 3. The van der Waals surface area contributed by atoms with Crippen LogP contribution in [-0.2, 0) is 12.7 Å². The number of carbonyl (C=O) groups is 1. The summed E-state index contributed by atoms with van der Waals surface area (Å²) in [6.07, 6.45) is -4.55. The first-order valence-electron chi connectivity index (χ1n) is 8.79. The van der Waals surface area contributed by atoms with E-state index in [1.807, 2.05) is 0 Å². The Morgan fingerprint density at radius 3 is 2.60 bits per heavy atom. The molecule has 0 aliphatic heterocycles. The van der Waals surface area contributed by atoms with Crippen molar-refractivity contribution in [2.24, 2.45) is 0 Å². The van der Waals surface area contributed by atoms with Crippen LogP contribution in [0.5, 0.6) is 0 Å². The zero-order valence-corrected chi connectivity index (χ0v) is 16.3. The summed E-state index contributed by atoms with van der Waals surface area (Å²) >= 11 is 1.15. The maximum absolute atomic E-state index is 13.7. The Hall–Kier alpha value is -3.20. The Kier molecular flexibility index (Phi) is 4.85. The Balaban J connectivity index is 1.93. The lowest BCUT2D eigenvalue weighted by molar-refractivity contribution is -0.136. The van der Waals surface area contributed by atoms with Gasteiger partial charge in [0.05, 0.1) is 17.8 Å². The fraction of sp³-hybridized carbons (Fsp3) is 0.143. The molecule has 0 saturated carbocycles. The number of aromatic nitrogens is 2. The normalized spacial score (nSPS) is 11.9. The van der Waals surface area contributed by atoms with E-state index >= 15 is 0 Å². The van der Waals surface area contributed by atoms with Gasteiger partial charge in [-0.1, -0.05) is 18.2 Å². The van der Waals surface area contributed by atoms with Crippen LogP contribution in [0.2, 0.25) is 0 Å². The lowest BCUT2D eigenvalue weighted by Crippen LogP contribution is -2.12. The van der Waals surface area contributed by atoms with Gasteiger partial charge in [0.25, 0.3) is 0 Å².